The van der Waals surface area contributed by atoms with E-state index in [1.54, 1.807) is 0 Å². The van der Waals surface area contributed by atoms with Gasteiger partial charge >= 0.3 is 0 Å². The summed E-state index contributed by atoms with van der Waals surface area (Å²) >= 11 is 0. The number of rotatable bonds is 2. The number of hydrogen-bond donors (Lipinski definition) is 0. The first-order valence-corrected chi connectivity index (χ1v) is 8.49. The molecular weight excluding hydrogens is 290 g/mol. The van der Waals surface area contributed by atoms with Crippen LogP contribution in [0.1, 0.15) is 33.4 Å². The van der Waals surface area contributed by atoms with Crippen molar-refractivity contribution in [3.8, 4) is 22.4 Å². The van der Waals surface area contributed by atoms with Gasteiger partial charge in [0.2, 0.25) is 0 Å². The highest BCUT2D eigenvalue weighted by Gasteiger charge is 2.12. The molecule has 0 fully saturated rings. The Morgan fingerprint density at radius 2 is 1.04 bits per heavy atom. The van der Waals surface area contributed by atoms with Crippen LogP contribution in [0.5, 0.6) is 0 Å². The van der Waals surface area contributed by atoms with Crippen LogP contribution in [0.3, 0.4) is 0 Å². The zero-order valence-electron chi connectivity index (χ0n) is 15.5. The molecule has 2 aromatic carbocycles. The Kier molecular flexibility index (Phi) is 4.28. The topological polar surface area (TPSA) is 12.9 Å². The molecule has 0 saturated heterocycles. The fourth-order valence-corrected chi connectivity index (χ4v) is 3.94. The summed E-state index contributed by atoms with van der Waals surface area (Å²) in [5, 5.41) is 0. The molecule has 0 spiro atoms. The zero-order valence-corrected chi connectivity index (χ0v) is 15.5. The van der Waals surface area contributed by atoms with E-state index in [0.717, 1.165) is 5.69 Å². The van der Waals surface area contributed by atoms with Crippen molar-refractivity contribution in [3.63, 3.8) is 0 Å². The lowest BCUT2D eigenvalue weighted by Crippen LogP contribution is -1.95. The van der Waals surface area contributed by atoms with Crippen LogP contribution in [0.15, 0.2) is 42.6 Å². The minimum Gasteiger partial charge on any atom is -0.256 e. The summed E-state index contributed by atoms with van der Waals surface area (Å²) in [6.07, 6.45) is 1.93. The summed E-state index contributed by atoms with van der Waals surface area (Å²) in [4.78, 5) is 4.66. The molecule has 1 heterocycles. The molecule has 0 amide bonds. The quantitative estimate of drug-likeness (QED) is 0.543. The third-order valence-electron chi connectivity index (χ3n) is 4.66. The van der Waals surface area contributed by atoms with Crippen LogP contribution in [0.25, 0.3) is 22.4 Å². The van der Waals surface area contributed by atoms with Crippen molar-refractivity contribution < 1.29 is 0 Å². The first-order chi connectivity index (χ1) is 11.4. The number of aryl methyl sites for hydroxylation is 6. The van der Waals surface area contributed by atoms with E-state index in [2.05, 4.69) is 82.9 Å². The first-order valence-electron chi connectivity index (χ1n) is 8.49. The summed E-state index contributed by atoms with van der Waals surface area (Å²) in [6, 6.07) is 13.3. The van der Waals surface area contributed by atoms with E-state index in [1.807, 2.05) is 6.20 Å². The molecular formula is C23H25N. The monoisotopic (exact) mass is 315 g/mol. The molecule has 3 aromatic rings. The van der Waals surface area contributed by atoms with E-state index < -0.39 is 0 Å². The van der Waals surface area contributed by atoms with Gasteiger partial charge in [0.05, 0.1) is 5.69 Å². The fourth-order valence-electron chi connectivity index (χ4n) is 3.94. The molecule has 0 atom stereocenters. The molecule has 0 bridgehead atoms. The highest BCUT2D eigenvalue weighted by molar-refractivity contribution is 5.77. The third-order valence-corrected chi connectivity index (χ3v) is 4.66. The maximum atomic E-state index is 4.66. The van der Waals surface area contributed by atoms with Gasteiger partial charge in [-0.15, -0.1) is 0 Å². The van der Waals surface area contributed by atoms with Crippen molar-refractivity contribution in [2.75, 3.05) is 0 Å². The summed E-state index contributed by atoms with van der Waals surface area (Å²) in [6.45, 7) is 13.0. The summed E-state index contributed by atoms with van der Waals surface area (Å²) in [5.74, 6) is 0. The number of nitrogens with zero attached hydrogens (tertiary/aromatic N) is 1. The molecule has 1 nitrogen and oxygen atoms in total. The Morgan fingerprint density at radius 3 is 1.54 bits per heavy atom. The van der Waals surface area contributed by atoms with Crippen LogP contribution in [-0.4, -0.2) is 4.98 Å². The Morgan fingerprint density at radius 1 is 0.583 bits per heavy atom. The van der Waals surface area contributed by atoms with Gasteiger partial charge in [-0.3, -0.25) is 4.98 Å². The second-order valence-corrected chi connectivity index (χ2v) is 6.98. The molecule has 1 heteroatoms. The lowest BCUT2D eigenvalue weighted by Gasteiger charge is -2.15. The molecule has 3 rings (SSSR count). The van der Waals surface area contributed by atoms with E-state index >= 15 is 0 Å². The highest BCUT2D eigenvalue weighted by atomic mass is 14.7. The Hall–Kier alpha value is -2.41. The number of benzene rings is 2. The molecule has 0 N–H and O–H groups in total. The fraction of sp³-hybridized carbons (Fsp3) is 0.261. The Labute approximate surface area is 145 Å². The molecule has 0 saturated carbocycles. The van der Waals surface area contributed by atoms with Crippen LogP contribution in [0.2, 0.25) is 0 Å². The molecule has 1 aromatic heterocycles. The Bertz CT molecular complexity index is 800. The first kappa shape index (κ1) is 16.4. The smallest absolute Gasteiger partial charge is 0.0713 e. The van der Waals surface area contributed by atoms with E-state index in [-0.39, 0.29) is 0 Å². The van der Waals surface area contributed by atoms with Gasteiger partial charge in [-0.1, -0.05) is 35.4 Å². The molecule has 0 unspecified atom stereocenters. The van der Waals surface area contributed by atoms with Gasteiger partial charge in [-0.2, -0.15) is 0 Å². The summed E-state index contributed by atoms with van der Waals surface area (Å²) < 4.78 is 0. The maximum Gasteiger partial charge on any atom is 0.0713 e. The van der Waals surface area contributed by atoms with E-state index in [0.29, 0.717) is 0 Å². The van der Waals surface area contributed by atoms with Gasteiger partial charge < -0.3 is 0 Å². The van der Waals surface area contributed by atoms with Gasteiger partial charge in [0.25, 0.3) is 0 Å². The summed E-state index contributed by atoms with van der Waals surface area (Å²) in [7, 11) is 0. The lowest BCUT2D eigenvalue weighted by molar-refractivity contribution is 1.25. The van der Waals surface area contributed by atoms with Gasteiger partial charge in [-0.25, -0.2) is 0 Å². The van der Waals surface area contributed by atoms with Crippen LogP contribution in [0.4, 0.5) is 0 Å². The molecule has 0 aliphatic heterocycles. The van der Waals surface area contributed by atoms with Crippen LogP contribution in [0, 0.1) is 41.5 Å². The van der Waals surface area contributed by atoms with Gasteiger partial charge in [0.15, 0.2) is 0 Å². The second-order valence-electron chi connectivity index (χ2n) is 6.98. The largest absolute Gasteiger partial charge is 0.256 e. The molecule has 0 aliphatic carbocycles. The average Bonchev–Trinajstić information content (AvgIpc) is 2.45. The van der Waals surface area contributed by atoms with Crippen molar-refractivity contribution in [2.24, 2.45) is 0 Å². The average molecular weight is 315 g/mol. The normalized spacial score (nSPS) is 10.9. The number of aromatic nitrogens is 1. The predicted octanol–water partition coefficient (Wildman–Crippen LogP) is 6.27. The highest BCUT2D eigenvalue weighted by Crippen LogP contribution is 2.33. The van der Waals surface area contributed by atoms with Crippen LogP contribution < -0.4 is 0 Å². The van der Waals surface area contributed by atoms with E-state index in [1.165, 1.54) is 50.1 Å². The third kappa shape index (κ3) is 2.99. The maximum absolute atomic E-state index is 4.66. The number of pyridine rings is 1. The summed E-state index contributed by atoms with van der Waals surface area (Å²) in [5.41, 5.74) is 12.7. The van der Waals surface area contributed by atoms with Crippen molar-refractivity contribution >= 4 is 0 Å². The molecule has 0 aliphatic rings. The minimum atomic E-state index is 1.06. The predicted molar refractivity (Wildman–Crippen MR) is 104 cm³/mol. The minimum absolute atomic E-state index is 1.06. The van der Waals surface area contributed by atoms with Crippen LogP contribution >= 0.6 is 0 Å². The van der Waals surface area contributed by atoms with Crippen molar-refractivity contribution in [1.82, 2.24) is 4.98 Å². The molecule has 24 heavy (non-hydrogen) atoms. The zero-order chi connectivity index (χ0) is 17.4. The molecule has 122 valence electrons. The van der Waals surface area contributed by atoms with Gasteiger partial charge in [-0.05, 0) is 87.1 Å². The Balaban J connectivity index is 2.19. The SMILES string of the molecule is Cc1cc(C)c(-c2ccnc(-c3c(C)cc(C)cc3C)c2)c(C)c1. The van der Waals surface area contributed by atoms with Crippen molar-refractivity contribution in [3.05, 3.63) is 76.0 Å². The van der Waals surface area contributed by atoms with E-state index in [4.69, 9.17) is 0 Å². The number of hydrogen-bond acceptors (Lipinski definition) is 1. The van der Waals surface area contributed by atoms with Gasteiger partial charge in [0, 0.05) is 11.8 Å². The molecule has 0 radical (unpaired) electrons. The van der Waals surface area contributed by atoms with Crippen molar-refractivity contribution in [1.29, 1.82) is 0 Å². The van der Waals surface area contributed by atoms with Crippen LogP contribution in [-0.2, 0) is 0 Å². The van der Waals surface area contributed by atoms with E-state index in [9.17, 15) is 0 Å². The lowest BCUT2D eigenvalue weighted by atomic mass is 9.92. The second kappa shape index (κ2) is 6.24. The van der Waals surface area contributed by atoms with Gasteiger partial charge in [0.1, 0.15) is 0 Å². The van der Waals surface area contributed by atoms with Crippen molar-refractivity contribution in [2.45, 2.75) is 41.5 Å². The standard InChI is InChI=1S/C23H25N/c1-14-9-16(3)22(17(4)10-14)20-7-8-24-21(13-20)23-18(5)11-15(2)12-19(23)6/h7-13H,1-6H3.